The number of rotatable bonds is 9. The molecule has 0 heterocycles. The van der Waals surface area contributed by atoms with Crippen LogP contribution in [0.3, 0.4) is 0 Å². The molecule has 0 aliphatic rings. The number of ether oxygens (including phenoxy) is 2. The summed E-state index contributed by atoms with van der Waals surface area (Å²) in [6.45, 7) is 5.98. The van der Waals surface area contributed by atoms with Crippen LogP contribution in [0.5, 0.6) is 0 Å². The van der Waals surface area contributed by atoms with Gasteiger partial charge in [-0.05, 0) is 12.8 Å². The second-order valence-corrected chi connectivity index (χ2v) is 3.40. The van der Waals surface area contributed by atoms with Crippen LogP contribution in [0.2, 0.25) is 0 Å². The topological polar surface area (TPSA) is 18.5 Å². The van der Waals surface area contributed by atoms with Crippen molar-refractivity contribution in [1.82, 2.24) is 0 Å². The molecule has 0 aromatic carbocycles. The van der Waals surface area contributed by atoms with Crippen molar-refractivity contribution < 1.29 is 9.47 Å². The molecule has 0 N–H and O–H groups in total. The highest BCUT2D eigenvalue weighted by atomic mass is 16.5. The van der Waals surface area contributed by atoms with Crippen molar-refractivity contribution >= 4 is 0 Å². The van der Waals surface area contributed by atoms with Gasteiger partial charge in [-0.2, -0.15) is 0 Å². The molecule has 2 heteroatoms. The molecule has 0 rings (SSSR count). The smallest absolute Gasteiger partial charge is 0.0802 e. The lowest BCUT2D eigenvalue weighted by atomic mass is 10.2. The van der Waals surface area contributed by atoms with Crippen molar-refractivity contribution in [3.63, 3.8) is 0 Å². The molecule has 1 atom stereocenters. The molecule has 13 heavy (non-hydrogen) atoms. The Labute approximate surface area is 82.6 Å². The molecule has 0 fully saturated rings. The summed E-state index contributed by atoms with van der Waals surface area (Å²) in [5.41, 5.74) is 0. The molecule has 80 valence electrons. The number of methoxy groups -OCH3 is 1. The van der Waals surface area contributed by atoms with Crippen molar-refractivity contribution in [3.8, 4) is 0 Å². The second kappa shape index (κ2) is 10.0. The molecular weight excluding hydrogens is 164 g/mol. The molecule has 0 aromatic heterocycles. The fraction of sp³-hybridized carbons (Fsp3) is 1.00. The third-order valence-electron chi connectivity index (χ3n) is 2.23. The summed E-state index contributed by atoms with van der Waals surface area (Å²) < 4.78 is 10.7. The maximum absolute atomic E-state index is 5.50. The standard InChI is InChI=1S/C11H24O2/c1-4-6-7-8-9-13-10-11(5-2)12-3/h11H,4-10H2,1-3H3. The van der Waals surface area contributed by atoms with Crippen molar-refractivity contribution in [2.45, 2.75) is 52.1 Å². The number of hydrogen-bond acceptors (Lipinski definition) is 2. The average Bonchev–Trinajstić information content (AvgIpc) is 2.17. The van der Waals surface area contributed by atoms with E-state index in [0.717, 1.165) is 19.6 Å². The van der Waals surface area contributed by atoms with Crippen molar-refractivity contribution in [1.29, 1.82) is 0 Å². The molecule has 0 bridgehead atoms. The summed E-state index contributed by atoms with van der Waals surface area (Å²) in [6, 6.07) is 0. The van der Waals surface area contributed by atoms with Crippen LogP contribution in [0.25, 0.3) is 0 Å². The lowest BCUT2D eigenvalue weighted by Crippen LogP contribution is -2.17. The van der Waals surface area contributed by atoms with E-state index >= 15 is 0 Å². The first-order valence-corrected chi connectivity index (χ1v) is 5.45. The third kappa shape index (κ3) is 8.26. The van der Waals surface area contributed by atoms with E-state index in [2.05, 4.69) is 13.8 Å². The predicted octanol–water partition coefficient (Wildman–Crippen LogP) is 3.01. The van der Waals surface area contributed by atoms with E-state index in [1.807, 2.05) is 0 Å². The molecule has 0 saturated carbocycles. The van der Waals surface area contributed by atoms with Crippen LogP contribution in [0.15, 0.2) is 0 Å². The summed E-state index contributed by atoms with van der Waals surface area (Å²) in [4.78, 5) is 0. The SMILES string of the molecule is CCCCCCOCC(CC)OC. The van der Waals surface area contributed by atoms with E-state index in [1.165, 1.54) is 25.7 Å². The van der Waals surface area contributed by atoms with Gasteiger partial charge in [-0.15, -0.1) is 0 Å². The first-order chi connectivity index (χ1) is 6.35. The zero-order chi connectivity index (χ0) is 9.94. The molecule has 0 radical (unpaired) electrons. The summed E-state index contributed by atoms with van der Waals surface area (Å²) in [6.07, 6.45) is 6.41. The van der Waals surface area contributed by atoms with Gasteiger partial charge in [0.05, 0.1) is 12.7 Å². The highest BCUT2D eigenvalue weighted by Gasteiger charge is 2.02. The van der Waals surface area contributed by atoms with E-state index < -0.39 is 0 Å². The molecule has 0 aliphatic carbocycles. The van der Waals surface area contributed by atoms with Crippen LogP contribution in [0.4, 0.5) is 0 Å². The lowest BCUT2D eigenvalue weighted by Gasteiger charge is -2.12. The minimum absolute atomic E-state index is 0.283. The van der Waals surface area contributed by atoms with Crippen molar-refractivity contribution in [2.75, 3.05) is 20.3 Å². The predicted molar refractivity (Wildman–Crippen MR) is 56.0 cm³/mol. The average molecular weight is 188 g/mol. The van der Waals surface area contributed by atoms with Gasteiger partial charge >= 0.3 is 0 Å². The highest BCUT2D eigenvalue weighted by molar-refractivity contribution is 4.51. The van der Waals surface area contributed by atoms with Gasteiger partial charge in [0, 0.05) is 13.7 Å². The van der Waals surface area contributed by atoms with Gasteiger partial charge in [0.1, 0.15) is 0 Å². The second-order valence-electron chi connectivity index (χ2n) is 3.40. The lowest BCUT2D eigenvalue weighted by molar-refractivity contribution is 0.00586. The third-order valence-corrected chi connectivity index (χ3v) is 2.23. The summed E-state index contributed by atoms with van der Waals surface area (Å²) in [7, 11) is 1.74. The van der Waals surface area contributed by atoms with Gasteiger partial charge in [0.2, 0.25) is 0 Å². The van der Waals surface area contributed by atoms with Gasteiger partial charge in [0.15, 0.2) is 0 Å². The molecule has 0 aliphatic heterocycles. The van der Waals surface area contributed by atoms with E-state index in [-0.39, 0.29) is 6.10 Å². The number of hydrogen-bond donors (Lipinski definition) is 0. The summed E-state index contributed by atoms with van der Waals surface area (Å²) in [5.74, 6) is 0. The van der Waals surface area contributed by atoms with Crippen LogP contribution < -0.4 is 0 Å². The molecule has 0 saturated heterocycles. The maximum atomic E-state index is 5.50. The fourth-order valence-corrected chi connectivity index (χ4v) is 1.20. The first-order valence-electron chi connectivity index (χ1n) is 5.45. The Morgan fingerprint density at radius 2 is 1.85 bits per heavy atom. The largest absolute Gasteiger partial charge is 0.379 e. The van der Waals surface area contributed by atoms with E-state index in [9.17, 15) is 0 Å². The zero-order valence-corrected chi connectivity index (χ0v) is 9.34. The zero-order valence-electron chi connectivity index (χ0n) is 9.34. The molecule has 1 unspecified atom stereocenters. The van der Waals surface area contributed by atoms with Gasteiger partial charge in [-0.1, -0.05) is 33.1 Å². The normalized spacial score (nSPS) is 13.2. The van der Waals surface area contributed by atoms with E-state index in [1.54, 1.807) is 7.11 Å². The Morgan fingerprint density at radius 3 is 2.38 bits per heavy atom. The molecule has 0 aromatic rings. The Morgan fingerprint density at radius 1 is 1.08 bits per heavy atom. The van der Waals surface area contributed by atoms with Crippen LogP contribution in [0.1, 0.15) is 46.0 Å². The minimum atomic E-state index is 0.283. The molecule has 0 amide bonds. The molecular formula is C11H24O2. The van der Waals surface area contributed by atoms with Gasteiger partial charge in [-0.3, -0.25) is 0 Å². The molecule has 0 spiro atoms. The van der Waals surface area contributed by atoms with E-state index in [4.69, 9.17) is 9.47 Å². The summed E-state index contributed by atoms with van der Waals surface area (Å²) >= 11 is 0. The highest BCUT2D eigenvalue weighted by Crippen LogP contribution is 2.01. The Bertz CT molecular complexity index is 90.1. The Balaban J connectivity index is 3.05. The van der Waals surface area contributed by atoms with Gasteiger partial charge in [-0.25, -0.2) is 0 Å². The van der Waals surface area contributed by atoms with Gasteiger partial charge in [0.25, 0.3) is 0 Å². The van der Waals surface area contributed by atoms with E-state index in [0.29, 0.717) is 0 Å². The van der Waals surface area contributed by atoms with Crippen molar-refractivity contribution in [2.24, 2.45) is 0 Å². The van der Waals surface area contributed by atoms with Gasteiger partial charge < -0.3 is 9.47 Å². The Kier molecular flexibility index (Phi) is 9.94. The quantitative estimate of drug-likeness (QED) is 0.518. The van der Waals surface area contributed by atoms with Crippen LogP contribution in [-0.4, -0.2) is 26.4 Å². The van der Waals surface area contributed by atoms with Crippen molar-refractivity contribution in [3.05, 3.63) is 0 Å². The van der Waals surface area contributed by atoms with Crippen LogP contribution in [0, 0.1) is 0 Å². The first kappa shape index (κ1) is 12.9. The van der Waals surface area contributed by atoms with Crippen LogP contribution >= 0.6 is 0 Å². The minimum Gasteiger partial charge on any atom is -0.379 e. The van der Waals surface area contributed by atoms with Crippen LogP contribution in [-0.2, 0) is 9.47 Å². The maximum Gasteiger partial charge on any atom is 0.0802 e. The Hall–Kier alpha value is -0.0800. The molecule has 2 nitrogen and oxygen atoms in total. The monoisotopic (exact) mass is 188 g/mol. The summed E-state index contributed by atoms with van der Waals surface area (Å²) in [5, 5.41) is 0. The number of unbranched alkanes of at least 4 members (excludes halogenated alkanes) is 3. The fourth-order valence-electron chi connectivity index (χ4n) is 1.20.